The van der Waals surface area contributed by atoms with Gasteiger partial charge < -0.3 is 33.9 Å². The summed E-state index contributed by atoms with van der Waals surface area (Å²) in [6.07, 6.45) is -1.08. The molecule has 0 bridgehead atoms. The van der Waals surface area contributed by atoms with Crippen LogP contribution in [-0.4, -0.2) is 84.3 Å². The van der Waals surface area contributed by atoms with Crippen molar-refractivity contribution in [3.05, 3.63) is 54.5 Å². The second-order valence-electron chi connectivity index (χ2n) is 12.3. The lowest BCUT2D eigenvalue weighted by Gasteiger charge is -2.40. The molecule has 0 aliphatic heterocycles. The lowest BCUT2D eigenvalue weighted by Crippen LogP contribution is -2.52. The zero-order chi connectivity index (χ0) is 37.1. The van der Waals surface area contributed by atoms with Gasteiger partial charge in [-0.3, -0.25) is 18.9 Å². The molecule has 2 aromatic heterocycles. The Morgan fingerprint density at radius 3 is 2.22 bits per heavy atom. The summed E-state index contributed by atoms with van der Waals surface area (Å²) in [5.41, 5.74) is 5.09. The Kier molecular flexibility index (Phi) is 14.7. The number of hydrogen-bond acceptors (Lipinski definition) is 14. The topological polar surface area (TPSA) is 201 Å². The smallest absolute Gasteiger partial charge is 0.459 e. The molecule has 0 aliphatic rings. The number of anilines is 1. The number of rotatable bonds is 20. The summed E-state index contributed by atoms with van der Waals surface area (Å²) in [6, 6.07) is 10.3. The third kappa shape index (κ3) is 10.7. The minimum atomic E-state index is -4.42. The number of ether oxygens (including phenoxy) is 5. The molecule has 0 amide bonds. The highest BCUT2D eigenvalue weighted by atomic mass is 31.2. The Morgan fingerprint density at radius 1 is 0.940 bits per heavy atom. The molecule has 3 N–H and O–H groups in total. The number of nitrogens with two attached hydrogens (primary N) is 1. The second-order valence-corrected chi connectivity index (χ2v) is 14.0. The number of esters is 3. The van der Waals surface area contributed by atoms with Crippen molar-refractivity contribution in [3.8, 4) is 5.75 Å². The highest BCUT2D eigenvalue weighted by Crippen LogP contribution is 2.47. The number of hydrogen-bond donors (Lipinski definition) is 2. The van der Waals surface area contributed by atoms with Crippen molar-refractivity contribution in [2.45, 2.75) is 71.8 Å². The van der Waals surface area contributed by atoms with Crippen LogP contribution in [0.5, 0.6) is 5.75 Å². The minimum absolute atomic E-state index is 0.0789. The molecule has 0 saturated carbocycles. The number of para-hydroxylation sites is 1. The molecule has 0 radical (unpaired) electrons. The van der Waals surface area contributed by atoms with Crippen molar-refractivity contribution in [1.82, 2.24) is 19.7 Å². The Hall–Kier alpha value is -4.08. The summed E-state index contributed by atoms with van der Waals surface area (Å²) in [7, 11) is -1.56. The van der Waals surface area contributed by atoms with Crippen LogP contribution in [0, 0.1) is 11.8 Å². The number of methoxy groups -OCH3 is 2. The van der Waals surface area contributed by atoms with E-state index in [0.717, 1.165) is 0 Å². The lowest BCUT2D eigenvalue weighted by atomic mass is 9.92. The number of fused-ring (bicyclic) bond motifs is 1. The molecule has 17 heteroatoms. The molecule has 3 aromatic rings. The van der Waals surface area contributed by atoms with E-state index in [9.17, 15) is 18.9 Å². The normalized spacial score (nSPS) is 15.9. The van der Waals surface area contributed by atoms with Gasteiger partial charge in [0.05, 0.1) is 30.7 Å². The lowest BCUT2D eigenvalue weighted by molar-refractivity contribution is -0.204. The molecule has 0 fully saturated rings. The van der Waals surface area contributed by atoms with Crippen molar-refractivity contribution < 1.29 is 51.7 Å². The van der Waals surface area contributed by atoms with Crippen LogP contribution in [0.2, 0.25) is 0 Å². The summed E-state index contributed by atoms with van der Waals surface area (Å²) >= 11 is 0. The van der Waals surface area contributed by atoms with Crippen LogP contribution in [-0.2, 0) is 47.2 Å². The monoisotopic (exact) mass is 721 g/mol. The number of nitrogens with one attached hydrogen (secondary N) is 1. The maximum atomic E-state index is 14.4. The van der Waals surface area contributed by atoms with Gasteiger partial charge in [-0.25, -0.2) is 14.1 Å². The Morgan fingerprint density at radius 2 is 1.60 bits per heavy atom. The summed E-state index contributed by atoms with van der Waals surface area (Å²) in [6.45, 7) is 9.44. The van der Waals surface area contributed by atoms with Gasteiger partial charge >= 0.3 is 25.7 Å². The third-order valence-electron chi connectivity index (χ3n) is 7.51. The SMILES string of the molecule is COCCCOC(=O)[C@H](C)NP(=O)(OC[C@@](C)(OC)[C@@H](OC(=O)C(C)C)[C@@H](OC(=O)C(C)C)c1ccc2c(N)ncnn12)Oc1ccccc1. The van der Waals surface area contributed by atoms with E-state index < -0.39 is 67.9 Å². The molecular formula is C33H48N5O11P. The molecule has 1 aromatic carbocycles. The second kappa shape index (κ2) is 18.2. The third-order valence-corrected chi connectivity index (χ3v) is 9.13. The first-order valence-electron chi connectivity index (χ1n) is 16.1. The fourth-order valence-corrected chi connectivity index (χ4v) is 6.05. The highest BCUT2D eigenvalue weighted by Gasteiger charge is 2.49. The van der Waals surface area contributed by atoms with Crippen molar-refractivity contribution in [2.75, 3.05) is 39.8 Å². The van der Waals surface area contributed by atoms with Crippen molar-refractivity contribution in [2.24, 2.45) is 11.8 Å². The number of carbonyl (C=O) groups excluding carboxylic acids is 3. The number of nitrogens with zero attached hydrogens (tertiary/aromatic N) is 3. The molecule has 3 rings (SSSR count). The van der Waals surface area contributed by atoms with Crippen LogP contribution >= 0.6 is 7.75 Å². The van der Waals surface area contributed by atoms with Crippen LogP contribution in [0.1, 0.15) is 59.8 Å². The van der Waals surface area contributed by atoms with Gasteiger partial charge in [0.25, 0.3) is 0 Å². The van der Waals surface area contributed by atoms with E-state index in [1.165, 1.54) is 38.9 Å². The van der Waals surface area contributed by atoms with Crippen molar-refractivity contribution in [1.29, 1.82) is 0 Å². The average Bonchev–Trinajstić information content (AvgIpc) is 3.52. The van der Waals surface area contributed by atoms with Gasteiger partial charge in [-0.2, -0.15) is 10.2 Å². The predicted octanol–water partition coefficient (Wildman–Crippen LogP) is 4.29. The van der Waals surface area contributed by atoms with Crippen molar-refractivity contribution >= 4 is 37.0 Å². The number of carbonyl (C=O) groups is 3. The number of aromatic nitrogens is 3. The van der Waals surface area contributed by atoms with E-state index in [2.05, 4.69) is 15.2 Å². The van der Waals surface area contributed by atoms with Crippen LogP contribution in [0.25, 0.3) is 5.52 Å². The fraction of sp³-hybridized carbons (Fsp3) is 0.545. The molecule has 0 spiro atoms. The standard InChI is InChI=1S/C33H48N5O11P/c1-21(2)30(39)47-27(25-15-16-26-29(34)35-20-36-38(25)26)28(48-31(40)22(3)4)33(6,44-8)19-46-50(42,49-24-13-10-9-11-14-24)37-23(5)32(41)45-18-12-17-43-7/h9-11,13-16,20-23,27-28H,12,17-19H2,1-8H3,(H,37,42)(H2,34,35,36)/t23-,27-,28-,33+,50?/m0/s1. The van der Waals surface area contributed by atoms with E-state index in [1.54, 1.807) is 70.2 Å². The molecule has 5 atom stereocenters. The predicted molar refractivity (Wildman–Crippen MR) is 182 cm³/mol. The highest BCUT2D eigenvalue weighted by molar-refractivity contribution is 7.52. The summed E-state index contributed by atoms with van der Waals surface area (Å²) in [4.78, 5) is 43.2. The maximum absolute atomic E-state index is 14.4. The van der Waals surface area contributed by atoms with E-state index >= 15 is 0 Å². The van der Waals surface area contributed by atoms with Gasteiger partial charge in [-0.1, -0.05) is 45.9 Å². The van der Waals surface area contributed by atoms with E-state index in [-0.39, 0.29) is 23.9 Å². The van der Waals surface area contributed by atoms with Crippen molar-refractivity contribution in [3.63, 3.8) is 0 Å². The molecule has 50 heavy (non-hydrogen) atoms. The molecule has 0 saturated heterocycles. The summed E-state index contributed by atoms with van der Waals surface area (Å²) in [5.74, 6) is -2.82. The first-order valence-corrected chi connectivity index (χ1v) is 17.7. The molecule has 276 valence electrons. The first-order chi connectivity index (χ1) is 23.6. The quantitative estimate of drug-likeness (QED) is 0.0724. The zero-order valence-corrected chi connectivity index (χ0v) is 30.6. The zero-order valence-electron chi connectivity index (χ0n) is 29.7. The summed E-state index contributed by atoms with van der Waals surface area (Å²) < 4.78 is 55.9. The molecule has 0 aliphatic carbocycles. The van der Waals surface area contributed by atoms with Gasteiger partial charge in [-0.15, -0.1) is 0 Å². The Labute approximate surface area is 291 Å². The van der Waals surface area contributed by atoms with E-state index in [1.807, 2.05) is 0 Å². The number of nitrogen functional groups attached to an aromatic ring is 1. The van der Waals surface area contributed by atoms with E-state index in [4.69, 9.17) is 38.5 Å². The summed E-state index contributed by atoms with van der Waals surface area (Å²) in [5, 5.41) is 6.92. The molecule has 16 nitrogen and oxygen atoms in total. The molecular weight excluding hydrogens is 673 g/mol. The van der Waals surface area contributed by atoms with Crippen LogP contribution in [0.3, 0.4) is 0 Å². The largest absolute Gasteiger partial charge is 0.464 e. The maximum Gasteiger partial charge on any atom is 0.459 e. The van der Waals surface area contributed by atoms with Gasteiger partial charge in [-0.05, 0) is 38.1 Å². The van der Waals surface area contributed by atoms with E-state index in [0.29, 0.717) is 18.5 Å². The van der Waals surface area contributed by atoms with Crippen LogP contribution < -0.4 is 15.3 Å². The number of benzene rings is 1. The fourth-order valence-electron chi connectivity index (χ4n) is 4.47. The van der Waals surface area contributed by atoms with Gasteiger partial charge in [0.1, 0.15) is 29.2 Å². The Balaban J connectivity index is 2.06. The Bertz CT molecular complexity index is 1620. The average molecular weight is 722 g/mol. The van der Waals surface area contributed by atoms with Gasteiger partial charge in [0.2, 0.25) is 0 Å². The minimum Gasteiger partial charge on any atom is -0.464 e. The van der Waals surface area contributed by atoms with Crippen LogP contribution in [0.15, 0.2) is 48.8 Å². The molecule has 2 heterocycles. The first kappa shape index (κ1) is 40.4. The van der Waals surface area contributed by atoms with Gasteiger partial charge in [0.15, 0.2) is 18.0 Å². The van der Waals surface area contributed by atoms with Crippen LogP contribution in [0.4, 0.5) is 5.82 Å². The van der Waals surface area contributed by atoms with Gasteiger partial charge in [0, 0.05) is 27.2 Å². The molecule has 1 unspecified atom stereocenters.